The van der Waals surface area contributed by atoms with E-state index in [1.165, 1.54) is 0 Å². The van der Waals surface area contributed by atoms with Crippen molar-refractivity contribution in [2.45, 2.75) is 62.4 Å². The molecule has 1 saturated carbocycles. The lowest BCUT2D eigenvalue weighted by atomic mass is 10.1. The molecule has 1 aliphatic carbocycles. The maximum absolute atomic E-state index is 11.4. The van der Waals surface area contributed by atoms with Crippen molar-refractivity contribution in [2.24, 2.45) is 5.73 Å². The van der Waals surface area contributed by atoms with Crippen LogP contribution in [0.5, 0.6) is 0 Å². The van der Waals surface area contributed by atoms with Crippen molar-refractivity contribution in [3.63, 3.8) is 0 Å². The largest absolute Gasteiger partial charge is 0.394 e. The van der Waals surface area contributed by atoms with Gasteiger partial charge in [-0.3, -0.25) is 4.79 Å². The van der Waals surface area contributed by atoms with Gasteiger partial charge in [-0.2, -0.15) is 0 Å². The number of ether oxygens (including phenoxy) is 3. The predicted octanol–water partition coefficient (Wildman–Crippen LogP) is -0.00270. The first kappa shape index (κ1) is 15.1. The monoisotopic (exact) mass is 322 g/mol. The molecule has 1 spiro atoms. The Kier molecular flexibility index (Phi) is 3.16. The van der Waals surface area contributed by atoms with Crippen LogP contribution >= 0.6 is 0 Å². The predicted molar refractivity (Wildman–Crippen MR) is 79.8 cm³/mol. The highest BCUT2D eigenvalue weighted by Gasteiger charge is 2.74. The zero-order valence-electron chi connectivity index (χ0n) is 13.3. The van der Waals surface area contributed by atoms with E-state index in [9.17, 15) is 9.90 Å². The number of nitrogens with zero attached hydrogens (tertiary/aromatic N) is 1. The average molecular weight is 322 g/mol. The molecule has 4 rings (SSSR count). The Balaban J connectivity index is 1.58. The third-order valence-electron chi connectivity index (χ3n) is 5.04. The molecule has 3 heterocycles. The zero-order valence-corrected chi connectivity index (χ0v) is 13.3. The topological polar surface area (TPSA) is 94.3 Å². The molecule has 2 unspecified atom stereocenters. The van der Waals surface area contributed by atoms with Gasteiger partial charge in [0.2, 0.25) is 5.91 Å². The molecular weight excluding hydrogens is 300 g/mol. The van der Waals surface area contributed by atoms with E-state index in [4.69, 9.17) is 19.9 Å². The summed E-state index contributed by atoms with van der Waals surface area (Å²) in [4.78, 5) is 13.4. The van der Waals surface area contributed by atoms with Crippen molar-refractivity contribution in [1.82, 2.24) is 4.90 Å². The number of aliphatic hydroxyl groups excluding tert-OH is 1. The lowest BCUT2D eigenvalue weighted by Crippen LogP contribution is -2.38. The van der Waals surface area contributed by atoms with Gasteiger partial charge in [0.1, 0.15) is 23.9 Å². The molecule has 0 radical (unpaired) electrons. The van der Waals surface area contributed by atoms with Crippen molar-refractivity contribution in [1.29, 1.82) is 0 Å². The second-order valence-electron chi connectivity index (χ2n) is 7.09. The summed E-state index contributed by atoms with van der Waals surface area (Å²) in [5.74, 6) is -1.09. The standard InChI is InChI=1S/C16H22N2O5/c1-15(2)22-12-10(8-19)21-16(13(12)23-15)6-11(16)18-5-3-4-9(7-18)14(17)20/h3,5,7,10-13,19H,4,6,8H2,1-2H3,(H2,17,20)/t10?,11-,12-,13-,16?/m1/s1. The molecule has 0 aromatic rings. The van der Waals surface area contributed by atoms with E-state index in [1.54, 1.807) is 6.20 Å². The van der Waals surface area contributed by atoms with Crippen LogP contribution in [0.3, 0.4) is 0 Å². The molecule has 2 saturated heterocycles. The van der Waals surface area contributed by atoms with Crippen LogP contribution in [0, 0.1) is 0 Å². The highest BCUT2D eigenvalue weighted by atomic mass is 16.8. The Hall–Kier alpha value is -1.41. The lowest BCUT2D eigenvalue weighted by molar-refractivity contribution is -0.196. The van der Waals surface area contributed by atoms with Crippen molar-refractivity contribution >= 4 is 5.91 Å². The summed E-state index contributed by atoms with van der Waals surface area (Å²) in [6.45, 7) is 3.64. The van der Waals surface area contributed by atoms with E-state index in [0.29, 0.717) is 12.0 Å². The Morgan fingerprint density at radius 1 is 1.43 bits per heavy atom. The van der Waals surface area contributed by atoms with Gasteiger partial charge in [0, 0.05) is 24.4 Å². The maximum Gasteiger partial charge on any atom is 0.246 e. The van der Waals surface area contributed by atoms with E-state index in [2.05, 4.69) is 0 Å². The number of nitrogens with two attached hydrogens (primary N) is 1. The second kappa shape index (κ2) is 4.80. The van der Waals surface area contributed by atoms with Crippen LogP contribution in [0.15, 0.2) is 24.0 Å². The molecule has 126 valence electrons. The molecule has 3 fully saturated rings. The quantitative estimate of drug-likeness (QED) is 0.759. The van der Waals surface area contributed by atoms with Gasteiger partial charge in [0.15, 0.2) is 5.79 Å². The number of carbonyl (C=O) groups is 1. The summed E-state index contributed by atoms with van der Waals surface area (Å²) in [6, 6.07) is 0.0509. The van der Waals surface area contributed by atoms with Gasteiger partial charge in [-0.1, -0.05) is 6.08 Å². The number of primary amides is 1. The number of allylic oxidation sites excluding steroid dienone is 1. The van der Waals surface area contributed by atoms with Crippen LogP contribution < -0.4 is 5.73 Å². The van der Waals surface area contributed by atoms with Crippen LogP contribution in [-0.4, -0.2) is 58.3 Å². The fourth-order valence-electron chi connectivity index (χ4n) is 3.96. The number of fused-ring (bicyclic) bond motifs is 2. The number of rotatable bonds is 3. The Morgan fingerprint density at radius 2 is 2.22 bits per heavy atom. The molecule has 7 nitrogen and oxygen atoms in total. The summed E-state index contributed by atoms with van der Waals surface area (Å²) in [5, 5.41) is 9.59. The smallest absolute Gasteiger partial charge is 0.246 e. The first-order chi connectivity index (χ1) is 10.9. The number of hydrogen-bond acceptors (Lipinski definition) is 6. The van der Waals surface area contributed by atoms with Gasteiger partial charge in [0.25, 0.3) is 0 Å². The van der Waals surface area contributed by atoms with Gasteiger partial charge in [-0.05, 0) is 20.3 Å². The van der Waals surface area contributed by atoms with Crippen LogP contribution in [0.1, 0.15) is 26.7 Å². The number of amides is 1. The van der Waals surface area contributed by atoms with Crippen LogP contribution in [0.25, 0.3) is 0 Å². The first-order valence-electron chi connectivity index (χ1n) is 7.95. The van der Waals surface area contributed by atoms with E-state index >= 15 is 0 Å². The van der Waals surface area contributed by atoms with Crippen molar-refractivity contribution < 1.29 is 24.1 Å². The molecule has 0 aromatic carbocycles. The highest BCUT2D eigenvalue weighted by Crippen LogP contribution is 2.58. The SMILES string of the molecule is CC1(C)O[C@@H]2C(CO)OC3(C[C@H]3N3C=CCC(C(N)=O)=C3)[C@@H]2O1. The second-order valence-corrected chi connectivity index (χ2v) is 7.09. The van der Waals surface area contributed by atoms with Gasteiger partial charge in [-0.15, -0.1) is 0 Å². The van der Waals surface area contributed by atoms with E-state index in [-0.39, 0.29) is 31.0 Å². The number of hydrogen-bond donors (Lipinski definition) is 2. The normalized spacial score (nSPS) is 43.6. The fourth-order valence-corrected chi connectivity index (χ4v) is 3.96. The van der Waals surface area contributed by atoms with Crippen molar-refractivity contribution in [3.05, 3.63) is 24.0 Å². The summed E-state index contributed by atoms with van der Waals surface area (Å²) in [7, 11) is 0. The molecule has 7 heteroatoms. The third kappa shape index (κ3) is 2.22. The molecule has 3 N–H and O–H groups in total. The minimum Gasteiger partial charge on any atom is -0.394 e. The van der Waals surface area contributed by atoms with Gasteiger partial charge >= 0.3 is 0 Å². The molecule has 1 amide bonds. The molecule has 4 aliphatic rings. The average Bonchev–Trinajstić information content (AvgIpc) is 3.05. The minimum atomic E-state index is -0.682. The van der Waals surface area contributed by atoms with Crippen molar-refractivity contribution in [3.8, 4) is 0 Å². The summed E-state index contributed by atoms with van der Waals surface area (Å²) < 4.78 is 18.1. The Morgan fingerprint density at radius 3 is 2.91 bits per heavy atom. The summed E-state index contributed by atoms with van der Waals surface area (Å²) in [6.07, 6.45) is 6.07. The van der Waals surface area contributed by atoms with Crippen LogP contribution in [0.4, 0.5) is 0 Å². The van der Waals surface area contributed by atoms with E-state index < -0.39 is 17.3 Å². The number of aliphatic hydroxyl groups is 1. The maximum atomic E-state index is 11.4. The van der Waals surface area contributed by atoms with Gasteiger partial charge in [-0.25, -0.2) is 0 Å². The fraction of sp³-hybridized carbons (Fsp3) is 0.688. The van der Waals surface area contributed by atoms with Crippen LogP contribution in [-0.2, 0) is 19.0 Å². The molecule has 23 heavy (non-hydrogen) atoms. The molecular formula is C16H22N2O5. The summed E-state index contributed by atoms with van der Waals surface area (Å²) >= 11 is 0. The highest BCUT2D eigenvalue weighted by molar-refractivity contribution is 5.92. The van der Waals surface area contributed by atoms with Crippen LogP contribution in [0.2, 0.25) is 0 Å². The molecule has 0 aromatic heterocycles. The first-order valence-corrected chi connectivity index (χ1v) is 7.95. The summed E-state index contributed by atoms with van der Waals surface area (Å²) in [5.41, 5.74) is 5.45. The van der Waals surface area contributed by atoms with E-state index in [0.717, 1.165) is 6.42 Å². The zero-order chi connectivity index (χ0) is 16.4. The molecule has 0 bridgehead atoms. The third-order valence-corrected chi connectivity index (χ3v) is 5.04. The van der Waals surface area contributed by atoms with E-state index in [1.807, 2.05) is 31.0 Å². The molecule has 3 aliphatic heterocycles. The number of carbonyl (C=O) groups excluding carboxylic acids is 1. The van der Waals surface area contributed by atoms with Gasteiger partial charge in [0.05, 0.1) is 12.6 Å². The van der Waals surface area contributed by atoms with Gasteiger partial charge < -0.3 is 30.0 Å². The Labute approximate surface area is 134 Å². The Bertz CT molecular complexity index is 601. The van der Waals surface area contributed by atoms with Crippen molar-refractivity contribution in [2.75, 3.05) is 6.61 Å². The minimum absolute atomic E-state index is 0.0509. The lowest BCUT2D eigenvalue weighted by Gasteiger charge is -2.27. The molecule has 5 atom stereocenters.